The van der Waals surface area contributed by atoms with Gasteiger partial charge >= 0.3 is 0 Å². The molecule has 0 aromatic carbocycles. The summed E-state index contributed by atoms with van der Waals surface area (Å²) in [5.41, 5.74) is 8.24. The Bertz CT molecular complexity index is 652. The van der Waals surface area contributed by atoms with Gasteiger partial charge in [0.15, 0.2) is 0 Å². The Morgan fingerprint density at radius 1 is 1.29 bits per heavy atom. The van der Waals surface area contributed by atoms with Gasteiger partial charge in [0.25, 0.3) is 0 Å². The number of hydrogen-bond acceptors (Lipinski definition) is 3. The van der Waals surface area contributed by atoms with Crippen LogP contribution in [-0.2, 0) is 7.05 Å². The average molecular weight is 227 g/mol. The summed E-state index contributed by atoms with van der Waals surface area (Å²) in [6.07, 6.45) is 7.35. The Hall–Kier alpha value is -2.14. The van der Waals surface area contributed by atoms with Gasteiger partial charge in [-0.2, -0.15) is 5.10 Å². The van der Waals surface area contributed by atoms with E-state index in [1.807, 2.05) is 46.7 Å². The Balaban J connectivity index is 2.13. The number of nitrogens with zero attached hydrogens (tertiary/aromatic N) is 4. The number of aryl methyl sites for hydroxylation is 1. The molecule has 3 aromatic heterocycles. The van der Waals surface area contributed by atoms with E-state index in [2.05, 4.69) is 10.1 Å². The first-order valence-corrected chi connectivity index (χ1v) is 5.42. The molecule has 0 fully saturated rings. The molecule has 5 nitrogen and oxygen atoms in total. The third-order valence-electron chi connectivity index (χ3n) is 2.93. The molecular formula is C12H13N5. The van der Waals surface area contributed by atoms with E-state index in [1.54, 1.807) is 12.4 Å². The minimum atomic E-state index is -0.255. The quantitative estimate of drug-likeness (QED) is 0.713. The molecule has 0 radical (unpaired) electrons. The molecule has 0 saturated heterocycles. The topological polar surface area (TPSA) is 61.1 Å². The third kappa shape index (κ3) is 1.52. The monoisotopic (exact) mass is 227 g/mol. The number of aromatic nitrogens is 4. The zero-order valence-electron chi connectivity index (χ0n) is 9.49. The highest BCUT2D eigenvalue weighted by atomic mass is 15.2. The smallest absolute Gasteiger partial charge is 0.130 e. The molecule has 0 aliphatic rings. The van der Waals surface area contributed by atoms with Gasteiger partial charge in [-0.1, -0.05) is 6.07 Å². The van der Waals surface area contributed by atoms with E-state index < -0.39 is 0 Å². The molecule has 0 aliphatic heterocycles. The molecule has 3 rings (SSSR count). The molecule has 3 aromatic rings. The van der Waals surface area contributed by atoms with E-state index in [0.717, 1.165) is 16.9 Å². The number of pyridine rings is 1. The van der Waals surface area contributed by atoms with Crippen LogP contribution in [0.4, 0.5) is 0 Å². The van der Waals surface area contributed by atoms with Gasteiger partial charge in [-0.3, -0.25) is 0 Å². The largest absolute Gasteiger partial charge is 0.336 e. The standard InChI is InChI=1S/C12H13N5/c1-16-7-5-14-12(16)11(13)9-8-15-17-6-3-2-4-10(9)17/h2-8,11H,13H2,1H3. The van der Waals surface area contributed by atoms with Gasteiger partial charge < -0.3 is 10.3 Å². The van der Waals surface area contributed by atoms with Gasteiger partial charge in [0.05, 0.1) is 17.8 Å². The summed E-state index contributed by atoms with van der Waals surface area (Å²) in [6.45, 7) is 0. The van der Waals surface area contributed by atoms with E-state index in [4.69, 9.17) is 5.73 Å². The summed E-state index contributed by atoms with van der Waals surface area (Å²) in [6, 6.07) is 5.67. The van der Waals surface area contributed by atoms with Crippen molar-refractivity contribution in [3.63, 3.8) is 0 Å². The minimum Gasteiger partial charge on any atom is -0.336 e. The fraction of sp³-hybridized carbons (Fsp3) is 0.167. The minimum absolute atomic E-state index is 0.255. The van der Waals surface area contributed by atoms with E-state index in [0.29, 0.717) is 0 Å². The lowest BCUT2D eigenvalue weighted by atomic mass is 10.1. The summed E-state index contributed by atoms with van der Waals surface area (Å²) in [7, 11) is 1.94. The van der Waals surface area contributed by atoms with E-state index >= 15 is 0 Å². The second-order valence-corrected chi connectivity index (χ2v) is 4.00. The van der Waals surface area contributed by atoms with Crippen molar-refractivity contribution in [2.24, 2.45) is 12.8 Å². The fourth-order valence-electron chi connectivity index (χ4n) is 2.01. The summed E-state index contributed by atoms with van der Waals surface area (Å²) >= 11 is 0. The van der Waals surface area contributed by atoms with Gasteiger partial charge in [0.1, 0.15) is 5.82 Å². The van der Waals surface area contributed by atoms with E-state index in [1.165, 1.54) is 0 Å². The van der Waals surface area contributed by atoms with Crippen LogP contribution >= 0.6 is 0 Å². The van der Waals surface area contributed by atoms with Gasteiger partial charge in [-0.25, -0.2) is 9.50 Å². The maximum Gasteiger partial charge on any atom is 0.130 e. The first-order chi connectivity index (χ1) is 8.27. The van der Waals surface area contributed by atoms with E-state index in [-0.39, 0.29) is 6.04 Å². The zero-order chi connectivity index (χ0) is 11.8. The van der Waals surface area contributed by atoms with Crippen LogP contribution in [0.5, 0.6) is 0 Å². The lowest BCUT2D eigenvalue weighted by Gasteiger charge is -2.10. The van der Waals surface area contributed by atoms with Crippen molar-refractivity contribution in [1.82, 2.24) is 19.2 Å². The number of fused-ring (bicyclic) bond motifs is 1. The molecule has 3 heterocycles. The van der Waals surface area contributed by atoms with Crippen molar-refractivity contribution in [3.8, 4) is 0 Å². The Morgan fingerprint density at radius 3 is 2.94 bits per heavy atom. The molecule has 5 heteroatoms. The second kappa shape index (κ2) is 3.71. The molecule has 1 unspecified atom stereocenters. The van der Waals surface area contributed by atoms with Crippen LogP contribution < -0.4 is 5.73 Å². The number of nitrogens with two attached hydrogens (primary N) is 1. The van der Waals surface area contributed by atoms with Crippen molar-refractivity contribution in [2.75, 3.05) is 0 Å². The summed E-state index contributed by atoms with van der Waals surface area (Å²) in [5.74, 6) is 0.837. The van der Waals surface area contributed by atoms with Gasteiger partial charge in [-0.15, -0.1) is 0 Å². The van der Waals surface area contributed by atoms with Crippen molar-refractivity contribution >= 4 is 5.52 Å². The number of rotatable bonds is 2. The predicted molar refractivity (Wildman–Crippen MR) is 64.4 cm³/mol. The van der Waals surface area contributed by atoms with Gasteiger partial charge in [-0.05, 0) is 12.1 Å². The molecule has 2 N–H and O–H groups in total. The Labute approximate surface area is 98.5 Å². The predicted octanol–water partition coefficient (Wildman–Crippen LogP) is 1.12. The molecular weight excluding hydrogens is 214 g/mol. The summed E-state index contributed by atoms with van der Waals surface area (Å²) in [5, 5.41) is 4.28. The SMILES string of the molecule is Cn1ccnc1C(N)c1cnn2ccccc12. The van der Waals surface area contributed by atoms with Crippen molar-refractivity contribution < 1.29 is 0 Å². The van der Waals surface area contributed by atoms with Crippen molar-refractivity contribution in [2.45, 2.75) is 6.04 Å². The fourth-order valence-corrected chi connectivity index (χ4v) is 2.01. The number of imidazole rings is 1. The van der Waals surface area contributed by atoms with Gasteiger partial charge in [0.2, 0.25) is 0 Å². The van der Waals surface area contributed by atoms with Crippen LogP contribution in [0.15, 0.2) is 43.0 Å². The van der Waals surface area contributed by atoms with Crippen LogP contribution in [0, 0.1) is 0 Å². The Morgan fingerprint density at radius 2 is 2.18 bits per heavy atom. The molecule has 17 heavy (non-hydrogen) atoms. The van der Waals surface area contributed by atoms with Crippen LogP contribution in [-0.4, -0.2) is 19.2 Å². The molecule has 86 valence electrons. The lowest BCUT2D eigenvalue weighted by molar-refractivity contribution is 0.720. The highest BCUT2D eigenvalue weighted by Gasteiger charge is 2.17. The van der Waals surface area contributed by atoms with Gasteiger partial charge in [0, 0.05) is 31.2 Å². The first-order valence-electron chi connectivity index (χ1n) is 5.42. The second-order valence-electron chi connectivity index (χ2n) is 4.00. The molecule has 0 bridgehead atoms. The summed E-state index contributed by atoms with van der Waals surface area (Å²) < 4.78 is 3.75. The highest BCUT2D eigenvalue weighted by molar-refractivity contribution is 5.56. The maximum absolute atomic E-state index is 6.24. The van der Waals surface area contributed by atoms with E-state index in [9.17, 15) is 0 Å². The lowest BCUT2D eigenvalue weighted by Crippen LogP contribution is -2.16. The molecule has 0 amide bonds. The molecule has 0 aliphatic carbocycles. The Kier molecular flexibility index (Phi) is 2.19. The summed E-state index contributed by atoms with van der Waals surface area (Å²) in [4.78, 5) is 4.28. The average Bonchev–Trinajstić information content (AvgIpc) is 2.94. The van der Waals surface area contributed by atoms with Crippen molar-refractivity contribution in [1.29, 1.82) is 0 Å². The van der Waals surface area contributed by atoms with Crippen LogP contribution in [0.3, 0.4) is 0 Å². The van der Waals surface area contributed by atoms with Crippen LogP contribution in [0.2, 0.25) is 0 Å². The zero-order valence-corrected chi connectivity index (χ0v) is 9.49. The normalized spacial score (nSPS) is 13.1. The van der Waals surface area contributed by atoms with Crippen molar-refractivity contribution in [3.05, 3.63) is 54.4 Å². The first kappa shape index (κ1) is 10.0. The maximum atomic E-state index is 6.24. The molecule has 0 spiro atoms. The third-order valence-corrected chi connectivity index (χ3v) is 2.93. The molecule has 0 saturated carbocycles. The van der Waals surface area contributed by atoms with Crippen LogP contribution in [0.1, 0.15) is 17.4 Å². The molecule has 1 atom stereocenters. The highest BCUT2D eigenvalue weighted by Crippen LogP contribution is 2.21. The number of hydrogen-bond donors (Lipinski definition) is 1. The van der Waals surface area contributed by atoms with Crippen LogP contribution in [0.25, 0.3) is 5.52 Å².